The summed E-state index contributed by atoms with van der Waals surface area (Å²) < 4.78 is 39.6. The number of hydrogen-bond donors (Lipinski definition) is 13. The molecule has 14 unspecified atom stereocenters. The van der Waals surface area contributed by atoms with Crippen LogP contribution in [0.4, 0.5) is 0 Å². The maximum absolute atomic E-state index is 12.0. The van der Waals surface area contributed by atoms with Crippen LogP contribution in [0.15, 0.2) is 0 Å². The number of aliphatic hydroxyl groups excluding tert-OH is 12. The zero-order valence-corrected chi connectivity index (χ0v) is 28.3. The summed E-state index contributed by atoms with van der Waals surface area (Å²) in [6.07, 6.45) is -26.1. The summed E-state index contributed by atoms with van der Waals surface area (Å²) >= 11 is 0. The summed E-state index contributed by atoms with van der Waals surface area (Å²) in [4.78, 5) is 12.0. The van der Waals surface area contributed by atoms with Crippen LogP contribution >= 0.6 is 0 Å². The Labute approximate surface area is 288 Å². The summed E-state index contributed by atoms with van der Waals surface area (Å²) in [7, 11) is 0. The van der Waals surface area contributed by atoms with Gasteiger partial charge in [0.25, 0.3) is 0 Å². The van der Waals surface area contributed by atoms with Crippen molar-refractivity contribution in [2.24, 2.45) is 0 Å². The molecule has 0 saturated carbocycles. The van der Waals surface area contributed by atoms with E-state index in [-0.39, 0.29) is 0 Å². The average Bonchev–Trinajstić information content (AvgIpc) is 3.08. The highest BCUT2D eigenvalue weighted by atomic mass is 16.7. The number of carbonyl (C=O) groups is 1. The average molecular weight is 738 g/mol. The Bertz CT molecular complexity index is 966. The molecule has 2 fully saturated rings. The maximum atomic E-state index is 12.0. The van der Waals surface area contributed by atoms with Crippen molar-refractivity contribution in [3.05, 3.63) is 0 Å². The molecule has 1 amide bonds. The van der Waals surface area contributed by atoms with E-state index in [0.29, 0.717) is 0 Å². The van der Waals surface area contributed by atoms with E-state index in [4.69, 9.17) is 33.2 Å². The van der Waals surface area contributed by atoms with E-state index in [1.54, 1.807) is 0 Å². The number of amides is 1. The van der Waals surface area contributed by atoms with Crippen LogP contribution in [0.1, 0.15) is 27.7 Å². The number of carbonyl (C=O) groups excluding carboxylic acids is 1. The highest BCUT2D eigenvalue weighted by Gasteiger charge is 2.51. The summed E-state index contributed by atoms with van der Waals surface area (Å²) in [6.45, 7) is 0.336. The Morgan fingerprint density at radius 3 is 1.82 bits per heavy atom. The summed E-state index contributed by atoms with van der Waals surface area (Å²) in [5.74, 6) is -0.685. The number of ether oxygens (including phenoxy) is 7. The minimum Gasteiger partial charge on any atom is -0.394 e. The van der Waals surface area contributed by atoms with Gasteiger partial charge < -0.3 is 99.8 Å². The molecule has 0 aromatic rings. The zero-order chi connectivity index (χ0) is 37.9. The third kappa shape index (κ3) is 11.9. The molecule has 0 radical (unpaired) electrons. The largest absolute Gasteiger partial charge is 0.394 e. The van der Waals surface area contributed by atoms with Crippen LogP contribution in [0.5, 0.6) is 0 Å². The number of rotatable bonds is 21. The van der Waals surface area contributed by atoms with Gasteiger partial charge in [0, 0.05) is 6.92 Å². The standard InChI is InChI=1S/C29H55NO20/c1-11(37)17(7-33)46-28(16(39)6-32)45-12(2)18(8-34)47-27(15(5-31)30-14(4)38)50-26-22(41)19(9-35)48-29(24(26)43)49-25-20(10-36)44-13(3)21(40)23(25)42/h11-13,15-29,31-37,39-43H,5-10H2,1-4H3,(H,30,38)/t11-,12+,13?,15+,16+,17?,18?,19?,20?,21?,22?,23?,24?,25?,26?,27?,28?,29?/m1/s1. The molecule has 21 nitrogen and oxygen atoms in total. The first-order valence-electron chi connectivity index (χ1n) is 16.2. The lowest BCUT2D eigenvalue weighted by molar-refractivity contribution is -0.361. The second-order valence-electron chi connectivity index (χ2n) is 12.2. The lowest BCUT2D eigenvalue weighted by Crippen LogP contribution is -2.65. The van der Waals surface area contributed by atoms with Crippen molar-refractivity contribution >= 4 is 5.91 Å². The molecular weight excluding hydrogens is 682 g/mol. The molecule has 296 valence electrons. The van der Waals surface area contributed by atoms with Crippen LogP contribution in [0.25, 0.3) is 0 Å². The molecule has 0 aromatic heterocycles. The Kier molecular flexibility index (Phi) is 19.2. The topological polar surface area (TPSA) is 336 Å². The van der Waals surface area contributed by atoms with Gasteiger partial charge in [0.2, 0.25) is 5.91 Å². The van der Waals surface area contributed by atoms with E-state index in [1.807, 2.05) is 0 Å². The first-order valence-corrected chi connectivity index (χ1v) is 16.2. The van der Waals surface area contributed by atoms with Gasteiger partial charge in [-0.05, 0) is 20.8 Å². The van der Waals surface area contributed by atoms with Crippen molar-refractivity contribution in [2.75, 3.05) is 39.6 Å². The molecule has 0 spiro atoms. The van der Waals surface area contributed by atoms with Gasteiger partial charge in [-0.2, -0.15) is 0 Å². The highest BCUT2D eigenvalue weighted by molar-refractivity contribution is 5.73. The predicted molar refractivity (Wildman–Crippen MR) is 162 cm³/mol. The first kappa shape index (κ1) is 44.9. The van der Waals surface area contributed by atoms with Gasteiger partial charge in [-0.3, -0.25) is 4.79 Å². The van der Waals surface area contributed by atoms with Gasteiger partial charge in [-0.25, -0.2) is 0 Å². The number of aliphatic hydroxyl groups is 12. The van der Waals surface area contributed by atoms with Crippen LogP contribution in [0.2, 0.25) is 0 Å². The predicted octanol–water partition coefficient (Wildman–Crippen LogP) is -7.26. The third-order valence-electron chi connectivity index (χ3n) is 8.31. The Balaban J connectivity index is 2.39. The molecule has 2 aliphatic heterocycles. The van der Waals surface area contributed by atoms with Gasteiger partial charge in [-0.15, -0.1) is 0 Å². The van der Waals surface area contributed by atoms with Gasteiger partial charge in [-0.1, -0.05) is 0 Å². The minimum atomic E-state index is -1.98. The van der Waals surface area contributed by atoms with Crippen molar-refractivity contribution < 1.29 is 99.2 Å². The Morgan fingerprint density at radius 2 is 1.32 bits per heavy atom. The smallest absolute Gasteiger partial charge is 0.217 e. The van der Waals surface area contributed by atoms with Crippen LogP contribution < -0.4 is 5.32 Å². The van der Waals surface area contributed by atoms with Crippen LogP contribution in [0, 0.1) is 0 Å². The van der Waals surface area contributed by atoms with E-state index in [2.05, 4.69) is 5.32 Å². The molecule has 0 aliphatic carbocycles. The van der Waals surface area contributed by atoms with Gasteiger partial charge >= 0.3 is 0 Å². The number of hydrogen-bond acceptors (Lipinski definition) is 20. The molecule has 13 N–H and O–H groups in total. The normalized spacial score (nSPS) is 35.4. The monoisotopic (exact) mass is 737 g/mol. The number of nitrogens with one attached hydrogen (secondary N) is 1. The molecule has 18 atom stereocenters. The summed E-state index contributed by atoms with van der Waals surface area (Å²) in [6, 6.07) is -1.45. The molecule has 0 aromatic carbocycles. The Hall–Kier alpha value is -1.29. The van der Waals surface area contributed by atoms with Crippen molar-refractivity contribution in [3.8, 4) is 0 Å². The molecule has 2 aliphatic rings. The van der Waals surface area contributed by atoms with E-state index in [0.717, 1.165) is 6.92 Å². The molecule has 0 bridgehead atoms. The minimum absolute atomic E-state index is 0.678. The van der Waals surface area contributed by atoms with Gasteiger partial charge in [0.15, 0.2) is 18.9 Å². The van der Waals surface area contributed by atoms with Crippen molar-refractivity contribution in [2.45, 2.75) is 138 Å². The second-order valence-corrected chi connectivity index (χ2v) is 12.2. The van der Waals surface area contributed by atoms with Crippen LogP contribution in [0.3, 0.4) is 0 Å². The quantitative estimate of drug-likeness (QED) is 0.0487. The van der Waals surface area contributed by atoms with Crippen molar-refractivity contribution in [1.82, 2.24) is 5.32 Å². The molecule has 50 heavy (non-hydrogen) atoms. The molecular formula is C29H55NO20. The maximum Gasteiger partial charge on any atom is 0.217 e. The van der Waals surface area contributed by atoms with Gasteiger partial charge in [0.1, 0.15) is 73.2 Å². The van der Waals surface area contributed by atoms with Gasteiger partial charge in [0.05, 0.1) is 58.0 Å². The fraction of sp³-hybridized carbons (Fsp3) is 0.966. The van der Waals surface area contributed by atoms with E-state index < -0.39 is 156 Å². The zero-order valence-electron chi connectivity index (χ0n) is 28.3. The molecule has 21 heteroatoms. The lowest BCUT2D eigenvalue weighted by atomic mass is 9.95. The highest BCUT2D eigenvalue weighted by Crippen LogP contribution is 2.31. The SMILES string of the molecule is CC(=O)N[C@@H](CO)C(OC1C(O)C(CO)OC(OC2C(CO)OC(C)C(O)C2O)C1O)OC(CO)[C@H](C)OC(OC(CO)[C@@H](C)O)[C@@H](O)CO. The molecule has 2 heterocycles. The fourth-order valence-corrected chi connectivity index (χ4v) is 5.31. The van der Waals surface area contributed by atoms with E-state index in [1.165, 1.54) is 20.8 Å². The summed E-state index contributed by atoms with van der Waals surface area (Å²) in [5, 5.41) is 125. The third-order valence-corrected chi connectivity index (χ3v) is 8.31. The Morgan fingerprint density at radius 1 is 0.720 bits per heavy atom. The van der Waals surface area contributed by atoms with Crippen LogP contribution in [-0.4, -0.2) is 217 Å². The fourth-order valence-electron chi connectivity index (χ4n) is 5.31. The molecule has 2 saturated heterocycles. The summed E-state index contributed by atoms with van der Waals surface area (Å²) in [5.41, 5.74) is 0. The first-order chi connectivity index (χ1) is 23.6. The molecule has 2 rings (SSSR count). The van der Waals surface area contributed by atoms with Crippen molar-refractivity contribution in [3.63, 3.8) is 0 Å². The van der Waals surface area contributed by atoms with E-state index in [9.17, 15) is 66.1 Å². The second kappa shape index (κ2) is 21.4. The van der Waals surface area contributed by atoms with Crippen molar-refractivity contribution in [1.29, 1.82) is 0 Å². The van der Waals surface area contributed by atoms with E-state index >= 15 is 0 Å². The lowest BCUT2D eigenvalue weighted by Gasteiger charge is -2.47. The van der Waals surface area contributed by atoms with Crippen LogP contribution in [-0.2, 0) is 38.0 Å².